The number of likely N-dealkylation sites (tertiary alicyclic amines) is 1. The van der Waals surface area contributed by atoms with Gasteiger partial charge in [0.25, 0.3) is 5.91 Å². The number of carbonyl (C=O) groups excluding carboxylic acids is 1. The first kappa shape index (κ1) is 10.9. The number of nitrogens with one attached hydrogen (secondary N) is 1. The van der Waals surface area contributed by atoms with Crippen LogP contribution in [-0.2, 0) is 0 Å². The van der Waals surface area contributed by atoms with Crippen LogP contribution in [0.15, 0.2) is 6.20 Å². The van der Waals surface area contributed by atoms with Crippen LogP contribution in [0.2, 0.25) is 0 Å². The van der Waals surface area contributed by atoms with Gasteiger partial charge in [0.2, 0.25) is 0 Å². The lowest BCUT2D eigenvalue weighted by atomic mass is 9.93. The third kappa shape index (κ3) is 2.01. The average molecular weight is 224 g/mol. The fraction of sp³-hybridized carbons (Fsp3) is 0.600. The van der Waals surface area contributed by atoms with Crippen LogP contribution in [0.5, 0.6) is 0 Å². The molecule has 88 valence electrons. The number of nitrogens with zero attached hydrogens (tertiary/aromatic N) is 2. The van der Waals surface area contributed by atoms with Gasteiger partial charge in [0.05, 0.1) is 11.8 Å². The van der Waals surface area contributed by atoms with Gasteiger partial charge >= 0.3 is 0 Å². The molecule has 2 rings (SSSR count). The maximum absolute atomic E-state index is 12.0. The Morgan fingerprint density at radius 2 is 2.25 bits per heavy atom. The van der Waals surface area contributed by atoms with Gasteiger partial charge in [-0.3, -0.25) is 9.89 Å². The highest BCUT2D eigenvalue weighted by atomic mass is 16.3. The van der Waals surface area contributed by atoms with E-state index in [1.807, 2.05) is 0 Å². The number of hydrogen-bond donors (Lipinski definition) is 3. The van der Waals surface area contributed by atoms with E-state index in [1.54, 1.807) is 11.8 Å². The summed E-state index contributed by atoms with van der Waals surface area (Å²) in [6.07, 6.45) is 2.62. The van der Waals surface area contributed by atoms with Crippen LogP contribution < -0.4 is 5.73 Å². The highest BCUT2D eigenvalue weighted by Crippen LogP contribution is 2.23. The summed E-state index contributed by atoms with van der Waals surface area (Å²) >= 11 is 0. The highest BCUT2D eigenvalue weighted by Gasteiger charge is 2.30. The van der Waals surface area contributed by atoms with E-state index in [-0.39, 0.29) is 5.91 Å². The molecule has 1 aliphatic rings. The molecule has 0 saturated carbocycles. The van der Waals surface area contributed by atoms with Crippen molar-refractivity contribution in [2.45, 2.75) is 25.4 Å². The van der Waals surface area contributed by atoms with Crippen molar-refractivity contribution in [2.24, 2.45) is 0 Å². The van der Waals surface area contributed by atoms with E-state index in [2.05, 4.69) is 10.2 Å². The third-order valence-electron chi connectivity index (χ3n) is 3.03. The van der Waals surface area contributed by atoms with Crippen LogP contribution in [0, 0.1) is 0 Å². The second-order valence-corrected chi connectivity index (χ2v) is 4.49. The van der Waals surface area contributed by atoms with Gasteiger partial charge in [-0.25, -0.2) is 0 Å². The van der Waals surface area contributed by atoms with Crippen molar-refractivity contribution in [1.82, 2.24) is 15.1 Å². The standard InChI is InChI=1S/C10H16N4O2/c1-10(16)2-4-14(5-3-10)9(15)7-6-12-13-8(7)11/h6,16H,2-5H2,1H3,(H3,11,12,13). The van der Waals surface area contributed by atoms with Gasteiger partial charge in [-0.1, -0.05) is 0 Å². The third-order valence-corrected chi connectivity index (χ3v) is 3.03. The van der Waals surface area contributed by atoms with Crippen molar-refractivity contribution in [1.29, 1.82) is 0 Å². The van der Waals surface area contributed by atoms with Crippen molar-refractivity contribution >= 4 is 11.7 Å². The first-order valence-corrected chi connectivity index (χ1v) is 5.30. The number of aromatic amines is 1. The lowest BCUT2D eigenvalue weighted by Gasteiger charge is -2.35. The zero-order valence-corrected chi connectivity index (χ0v) is 9.23. The number of hydrogen-bond acceptors (Lipinski definition) is 4. The van der Waals surface area contributed by atoms with Gasteiger partial charge in [0.15, 0.2) is 0 Å². The monoisotopic (exact) mass is 224 g/mol. The summed E-state index contributed by atoms with van der Waals surface area (Å²) in [6.45, 7) is 2.90. The second kappa shape index (κ2) is 3.79. The Kier molecular flexibility index (Phi) is 2.59. The minimum absolute atomic E-state index is 0.123. The van der Waals surface area contributed by atoms with E-state index in [0.717, 1.165) is 0 Å². The maximum atomic E-state index is 12.0. The van der Waals surface area contributed by atoms with Crippen LogP contribution in [0.25, 0.3) is 0 Å². The SMILES string of the molecule is CC1(O)CCN(C(=O)c2cn[nH]c2N)CC1. The average Bonchev–Trinajstić information content (AvgIpc) is 2.63. The molecule has 1 aromatic heterocycles. The molecule has 0 aromatic carbocycles. The molecule has 0 unspecified atom stereocenters. The zero-order valence-electron chi connectivity index (χ0n) is 9.23. The Hall–Kier alpha value is -1.56. The molecule has 0 radical (unpaired) electrons. The fourth-order valence-corrected chi connectivity index (χ4v) is 1.83. The molecule has 1 amide bonds. The van der Waals surface area contributed by atoms with Gasteiger partial charge in [0.1, 0.15) is 11.4 Å². The fourth-order valence-electron chi connectivity index (χ4n) is 1.83. The van der Waals surface area contributed by atoms with E-state index < -0.39 is 5.60 Å². The van der Waals surface area contributed by atoms with Crippen LogP contribution in [-0.4, -0.2) is 44.8 Å². The molecule has 0 spiro atoms. The molecule has 0 aliphatic carbocycles. The quantitative estimate of drug-likeness (QED) is 0.624. The van der Waals surface area contributed by atoms with Gasteiger partial charge in [-0.05, 0) is 19.8 Å². The first-order chi connectivity index (χ1) is 7.49. The number of H-pyrrole nitrogens is 1. The zero-order chi connectivity index (χ0) is 11.8. The summed E-state index contributed by atoms with van der Waals surface area (Å²) in [5, 5.41) is 16.0. The van der Waals surface area contributed by atoms with Crippen LogP contribution >= 0.6 is 0 Å². The summed E-state index contributed by atoms with van der Waals surface area (Å²) in [7, 11) is 0. The minimum Gasteiger partial charge on any atom is -0.390 e. The number of rotatable bonds is 1. The van der Waals surface area contributed by atoms with Crippen molar-refractivity contribution in [3.05, 3.63) is 11.8 Å². The molecule has 1 fully saturated rings. The normalized spacial score (nSPS) is 19.8. The number of aromatic nitrogens is 2. The van der Waals surface area contributed by atoms with E-state index in [9.17, 15) is 9.90 Å². The Bertz CT molecular complexity index is 389. The topological polar surface area (TPSA) is 95.2 Å². The van der Waals surface area contributed by atoms with Gasteiger partial charge in [0, 0.05) is 13.1 Å². The molecular formula is C10H16N4O2. The first-order valence-electron chi connectivity index (χ1n) is 5.30. The molecule has 0 atom stereocenters. The van der Waals surface area contributed by atoms with Crippen LogP contribution in [0.4, 0.5) is 5.82 Å². The van der Waals surface area contributed by atoms with Gasteiger partial charge in [-0.2, -0.15) is 5.10 Å². The molecule has 6 heteroatoms. The molecule has 4 N–H and O–H groups in total. The number of aliphatic hydroxyl groups is 1. The molecule has 2 heterocycles. The maximum Gasteiger partial charge on any atom is 0.259 e. The molecule has 0 bridgehead atoms. The second-order valence-electron chi connectivity index (χ2n) is 4.49. The van der Waals surface area contributed by atoms with Gasteiger partial charge < -0.3 is 15.7 Å². The Labute approximate surface area is 93.4 Å². The van der Waals surface area contributed by atoms with Crippen molar-refractivity contribution in [3.8, 4) is 0 Å². The number of piperidine rings is 1. The van der Waals surface area contributed by atoms with Gasteiger partial charge in [-0.15, -0.1) is 0 Å². The van der Waals surface area contributed by atoms with Crippen molar-refractivity contribution in [3.63, 3.8) is 0 Å². The lowest BCUT2D eigenvalue weighted by molar-refractivity contribution is -0.00198. The molecule has 1 aromatic rings. The summed E-state index contributed by atoms with van der Waals surface area (Å²) in [5.41, 5.74) is 5.34. The molecule has 16 heavy (non-hydrogen) atoms. The predicted molar refractivity (Wildman–Crippen MR) is 58.8 cm³/mol. The Morgan fingerprint density at radius 1 is 1.62 bits per heavy atom. The molecule has 6 nitrogen and oxygen atoms in total. The summed E-state index contributed by atoms with van der Waals surface area (Å²) < 4.78 is 0. The largest absolute Gasteiger partial charge is 0.390 e. The molecule has 1 saturated heterocycles. The molecule has 1 aliphatic heterocycles. The predicted octanol–water partition coefficient (Wildman–Crippen LogP) is -0.0211. The lowest BCUT2D eigenvalue weighted by Crippen LogP contribution is -2.45. The van der Waals surface area contributed by atoms with E-state index >= 15 is 0 Å². The van der Waals surface area contributed by atoms with Crippen LogP contribution in [0.1, 0.15) is 30.1 Å². The van der Waals surface area contributed by atoms with Crippen molar-refractivity contribution in [2.75, 3.05) is 18.8 Å². The van der Waals surface area contributed by atoms with E-state index in [0.29, 0.717) is 37.3 Å². The number of nitrogen functional groups attached to an aromatic ring is 1. The minimum atomic E-state index is -0.654. The number of carbonyl (C=O) groups is 1. The number of nitrogens with two attached hydrogens (primary N) is 1. The molecular weight excluding hydrogens is 208 g/mol. The van der Waals surface area contributed by atoms with Crippen molar-refractivity contribution < 1.29 is 9.90 Å². The number of amides is 1. The van der Waals surface area contributed by atoms with E-state index in [4.69, 9.17) is 5.73 Å². The number of anilines is 1. The highest BCUT2D eigenvalue weighted by molar-refractivity contribution is 5.98. The Morgan fingerprint density at radius 3 is 2.75 bits per heavy atom. The van der Waals surface area contributed by atoms with Crippen LogP contribution in [0.3, 0.4) is 0 Å². The summed E-state index contributed by atoms with van der Waals surface area (Å²) in [6, 6.07) is 0. The Balaban J connectivity index is 2.05. The van der Waals surface area contributed by atoms with E-state index in [1.165, 1.54) is 6.20 Å². The summed E-state index contributed by atoms with van der Waals surface area (Å²) in [5.74, 6) is 0.170. The summed E-state index contributed by atoms with van der Waals surface area (Å²) in [4.78, 5) is 13.7. The smallest absolute Gasteiger partial charge is 0.259 e.